The van der Waals surface area contributed by atoms with Gasteiger partial charge in [0, 0.05) is 29.5 Å². The zero-order valence-electron chi connectivity index (χ0n) is 21.4. The fourth-order valence-corrected chi connectivity index (χ4v) is 6.67. The molecule has 6 rings (SSSR count). The molecule has 2 atom stereocenters. The summed E-state index contributed by atoms with van der Waals surface area (Å²) in [6.07, 6.45) is -2.47. The highest BCUT2D eigenvalue weighted by atomic mass is 19.4. The van der Waals surface area contributed by atoms with E-state index in [-0.39, 0.29) is 53.7 Å². The van der Waals surface area contributed by atoms with Gasteiger partial charge in [0.2, 0.25) is 0 Å². The van der Waals surface area contributed by atoms with Crippen molar-refractivity contribution in [1.82, 2.24) is 4.90 Å². The maximum absolute atomic E-state index is 13.3. The lowest BCUT2D eigenvalue weighted by Gasteiger charge is -2.37. The molecule has 0 spiro atoms. The summed E-state index contributed by atoms with van der Waals surface area (Å²) in [6.45, 7) is 0.233. The summed E-state index contributed by atoms with van der Waals surface area (Å²) in [5, 5.41) is 0. The Hall–Kier alpha value is -3.81. The van der Waals surface area contributed by atoms with Gasteiger partial charge in [-0.05, 0) is 60.1 Å². The average molecular weight is 536 g/mol. The number of hydrogen-bond donors (Lipinski definition) is 0. The molecule has 3 aromatic rings. The standard InChI is InChI=1S/C31H28F3NO4/c1-38-28-16-18(10-13-27(28)31(32,33)34)29(36)19-14-20-11-12-21(15-19)35(20)30(37)39-17-26-24-8-4-2-6-22(24)23-7-3-5-9-25(23)26/h2-10,13,16,19-21,26H,11-12,14-15,17H2,1H3. The van der Waals surface area contributed by atoms with E-state index in [4.69, 9.17) is 9.47 Å². The Labute approximate surface area is 224 Å². The molecule has 0 N–H and O–H groups in total. The first-order valence-corrected chi connectivity index (χ1v) is 13.2. The van der Waals surface area contributed by atoms with Gasteiger partial charge in [0.1, 0.15) is 12.4 Å². The molecular formula is C31H28F3NO4. The van der Waals surface area contributed by atoms with Crippen molar-refractivity contribution in [3.8, 4) is 16.9 Å². The van der Waals surface area contributed by atoms with Gasteiger partial charge in [-0.3, -0.25) is 4.79 Å². The predicted molar refractivity (Wildman–Crippen MR) is 139 cm³/mol. The Kier molecular flexibility index (Phi) is 6.36. The van der Waals surface area contributed by atoms with Crippen LogP contribution in [0.25, 0.3) is 11.1 Å². The molecule has 0 saturated carbocycles. The molecule has 8 heteroatoms. The van der Waals surface area contributed by atoms with Gasteiger partial charge in [-0.1, -0.05) is 54.6 Å². The van der Waals surface area contributed by atoms with E-state index in [0.717, 1.165) is 48.3 Å². The summed E-state index contributed by atoms with van der Waals surface area (Å²) in [6, 6.07) is 19.3. The SMILES string of the molecule is COc1cc(C(=O)C2CC3CCC(C2)N3C(=O)OCC2c3ccccc3-c3ccccc32)ccc1C(F)(F)F. The zero-order valence-corrected chi connectivity index (χ0v) is 21.4. The van der Waals surface area contributed by atoms with E-state index in [2.05, 4.69) is 24.3 Å². The van der Waals surface area contributed by atoms with Gasteiger partial charge in [0.15, 0.2) is 5.78 Å². The van der Waals surface area contributed by atoms with Crippen molar-refractivity contribution in [2.24, 2.45) is 5.92 Å². The first-order chi connectivity index (χ1) is 18.8. The number of hydrogen-bond acceptors (Lipinski definition) is 4. The number of ether oxygens (including phenoxy) is 2. The number of alkyl halides is 3. The smallest absolute Gasteiger partial charge is 0.419 e. The second kappa shape index (κ2) is 9.74. The number of ketones is 1. The van der Waals surface area contributed by atoms with Crippen LogP contribution >= 0.6 is 0 Å². The van der Waals surface area contributed by atoms with Crippen molar-refractivity contribution >= 4 is 11.9 Å². The third-order valence-electron chi connectivity index (χ3n) is 8.44. The average Bonchev–Trinajstić information content (AvgIpc) is 3.40. The number of Topliss-reactive ketones (excluding diaryl/α,β-unsaturated/α-hetero) is 1. The van der Waals surface area contributed by atoms with Gasteiger partial charge in [0.25, 0.3) is 0 Å². The minimum atomic E-state index is -4.57. The monoisotopic (exact) mass is 535 g/mol. The lowest BCUT2D eigenvalue weighted by atomic mass is 9.84. The first kappa shape index (κ1) is 25.5. The molecule has 0 aromatic heterocycles. The maximum atomic E-state index is 13.3. The van der Waals surface area contributed by atoms with Crippen molar-refractivity contribution in [3.63, 3.8) is 0 Å². The topological polar surface area (TPSA) is 55.8 Å². The normalized spacial score (nSPS) is 21.8. The molecule has 202 valence electrons. The second-order valence-corrected chi connectivity index (χ2v) is 10.5. The second-order valence-electron chi connectivity index (χ2n) is 10.5. The van der Waals surface area contributed by atoms with E-state index in [1.165, 1.54) is 12.1 Å². The van der Waals surface area contributed by atoms with Crippen LogP contribution in [0.4, 0.5) is 18.0 Å². The van der Waals surface area contributed by atoms with Crippen LogP contribution in [0.2, 0.25) is 0 Å². The number of piperidine rings is 1. The number of rotatable bonds is 5. The number of amides is 1. The van der Waals surface area contributed by atoms with Gasteiger partial charge in [-0.15, -0.1) is 0 Å². The molecule has 2 aliphatic heterocycles. The summed E-state index contributed by atoms with van der Waals surface area (Å²) < 4.78 is 50.6. The van der Waals surface area contributed by atoms with Crippen molar-refractivity contribution in [3.05, 3.63) is 89.0 Å². The van der Waals surface area contributed by atoms with E-state index in [1.807, 2.05) is 24.3 Å². The third kappa shape index (κ3) is 4.45. The fourth-order valence-electron chi connectivity index (χ4n) is 6.67. The Morgan fingerprint density at radius 1 is 0.897 bits per heavy atom. The number of fused-ring (bicyclic) bond motifs is 5. The van der Waals surface area contributed by atoms with Crippen LogP contribution in [0.15, 0.2) is 66.7 Å². The minimum absolute atomic E-state index is 0.0345. The number of methoxy groups -OCH3 is 1. The summed E-state index contributed by atoms with van der Waals surface area (Å²) in [7, 11) is 1.16. The van der Waals surface area contributed by atoms with Crippen LogP contribution in [0.3, 0.4) is 0 Å². The van der Waals surface area contributed by atoms with Crippen LogP contribution in [0.5, 0.6) is 5.75 Å². The Bertz CT molecular complexity index is 1380. The van der Waals surface area contributed by atoms with Crippen molar-refractivity contribution in [2.75, 3.05) is 13.7 Å². The molecule has 2 bridgehead atoms. The van der Waals surface area contributed by atoms with Crippen LogP contribution in [-0.2, 0) is 10.9 Å². The number of benzene rings is 3. The van der Waals surface area contributed by atoms with Gasteiger partial charge >= 0.3 is 12.3 Å². The first-order valence-electron chi connectivity index (χ1n) is 13.2. The lowest BCUT2D eigenvalue weighted by Crippen LogP contribution is -2.48. The molecule has 1 aliphatic carbocycles. The quantitative estimate of drug-likeness (QED) is 0.328. The molecule has 2 saturated heterocycles. The molecule has 5 nitrogen and oxygen atoms in total. The van der Waals surface area contributed by atoms with Gasteiger partial charge in [-0.2, -0.15) is 13.2 Å². The molecule has 3 aromatic carbocycles. The number of carbonyl (C=O) groups is 2. The molecule has 0 radical (unpaired) electrons. The summed E-state index contributed by atoms with van der Waals surface area (Å²) in [5.41, 5.74) is 3.89. The molecule has 1 amide bonds. The largest absolute Gasteiger partial charge is 0.496 e. The highest BCUT2D eigenvalue weighted by Gasteiger charge is 2.46. The number of nitrogens with zero attached hydrogens (tertiary/aromatic N) is 1. The van der Waals surface area contributed by atoms with E-state index < -0.39 is 11.7 Å². The maximum Gasteiger partial charge on any atom is 0.419 e. The van der Waals surface area contributed by atoms with E-state index in [1.54, 1.807) is 4.90 Å². The molecular weight excluding hydrogens is 507 g/mol. The Morgan fingerprint density at radius 2 is 1.49 bits per heavy atom. The van der Waals surface area contributed by atoms with Gasteiger partial charge < -0.3 is 14.4 Å². The molecule has 2 heterocycles. The zero-order chi connectivity index (χ0) is 27.3. The van der Waals surface area contributed by atoms with Crippen LogP contribution < -0.4 is 4.74 Å². The lowest BCUT2D eigenvalue weighted by molar-refractivity contribution is -0.138. The summed E-state index contributed by atoms with van der Waals surface area (Å²) >= 11 is 0. The highest BCUT2D eigenvalue weighted by Crippen LogP contribution is 2.45. The van der Waals surface area contributed by atoms with Crippen molar-refractivity contribution in [2.45, 2.75) is 49.9 Å². The van der Waals surface area contributed by atoms with E-state index in [9.17, 15) is 22.8 Å². The minimum Gasteiger partial charge on any atom is -0.496 e. The molecule has 39 heavy (non-hydrogen) atoms. The van der Waals surface area contributed by atoms with E-state index >= 15 is 0 Å². The molecule has 2 unspecified atom stereocenters. The summed E-state index contributed by atoms with van der Waals surface area (Å²) in [5.74, 6) is -0.993. The molecule has 3 aliphatic rings. The highest BCUT2D eigenvalue weighted by molar-refractivity contribution is 5.98. The predicted octanol–water partition coefficient (Wildman–Crippen LogP) is 7.09. The van der Waals surface area contributed by atoms with Gasteiger partial charge in [0.05, 0.1) is 12.7 Å². The fraction of sp³-hybridized carbons (Fsp3) is 0.355. The number of halogens is 3. The van der Waals surface area contributed by atoms with Crippen molar-refractivity contribution < 1.29 is 32.2 Å². The van der Waals surface area contributed by atoms with E-state index in [0.29, 0.717) is 12.8 Å². The van der Waals surface area contributed by atoms with Crippen LogP contribution in [0, 0.1) is 5.92 Å². The number of carbonyl (C=O) groups excluding carboxylic acids is 2. The Morgan fingerprint density at radius 3 is 2.05 bits per heavy atom. The van der Waals surface area contributed by atoms with Crippen molar-refractivity contribution in [1.29, 1.82) is 0 Å². The summed E-state index contributed by atoms with van der Waals surface area (Å²) in [4.78, 5) is 28.4. The Balaban J connectivity index is 1.14. The van der Waals surface area contributed by atoms with Gasteiger partial charge in [-0.25, -0.2) is 4.79 Å². The van der Waals surface area contributed by atoms with Crippen LogP contribution in [-0.4, -0.2) is 42.6 Å². The third-order valence-corrected chi connectivity index (χ3v) is 8.44. The molecule has 2 fully saturated rings. The van der Waals surface area contributed by atoms with Crippen LogP contribution in [0.1, 0.15) is 58.6 Å².